The van der Waals surface area contributed by atoms with Gasteiger partial charge in [-0.2, -0.15) is 0 Å². The van der Waals surface area contributed by atoms with Crippen molar-refractivity contribution in [1.82, 2.24) is 19.0 Å². The number of imidazole rings is 1. The maximum absolute atomic E-state index is 13.4. The SMILES string of the molecule is COCCn1c(=O)n(C2CCN(C(=O)c3ccc(F)c(Cl)c3)C2)c2ncccc21. The van der Waals surface area contributed by atoms with Gasteiger partial charge in [0, 0.05) is 32.0 Å². The van der Waals surface area contributed by atoms with Crippen molar-refractivity contribution >= 4 is 28.7 Å². The second-order valence-corrected chi connectivity index (χ2v) is 7.37. The van der Waals surface area contributed by atoms with Gasteiger partial charge in [0.15, 0.2) is 5.65 Å². The van der Waals surface area contributed by atoms with E-state index in [9.17, 15) is 14.0 Å². The number of methoxy groups -OCH3 is 1. The fourth-order valence-electron chi connectivity index (χ4n) is 3.79. The summed E-state index contributed by atoms with van der Waals surface area (Å²) in [5, 5.41) is -0.0896. The van der Waals surface area contributed by atoms with Gasteiger partial charge in [-0.1, -0.05) is 11.6 Å². The van der Waals surface area contributed by atoms with Crippen LogP contribution in [0, 0.1) is 5.82 Å². The number of carbonyl (C=O) groups excluding carboxylic acids is 1. The summed E-state index contributed by atoms with van der Waals surface area (Å²) in [5.74, 6) is -0.803. The van der Waals surface area contributed by atoms with Gasteiger partial charge in [0.05, 0.1) is 29.7 Å². The van der Waals surface area contributed by atoms with Crippen LogP contribution in [0.3, 0.4) is 0 Å². The predicted octanol–water partition coefficient (Wildman–Crippen LogP) is 2.72. The summed E-state index contributed by atoms with van der Waals surface area (Å²) in [5.41, 5.74) is 1.49. The number of carbonyl (C=O) groups is 1. The van der Waals surface area contributed by atoms with E-state index >= 15 is 0 Å². The molecule has 7 nitrogen and oxygen atoms in total. The molecule has 0 spiro atoms. The second-order valence-electron chi connectivity index (χ2n) is 6.97. The minimum absolute atomic E-state index is 0.0896. The van der Waals surface area contributed by atoms with Gasteiger partial charge in [0.2, 0.25) is 0 Å². The van der Waals surface area contributed by atoms with Crippen molar-refractivity contribution in [2.75, 3.05) is 26.8 Å². The largest absolute Gasteiger partial charge is 0.383 e. The van der Waals surface area contributed by atoms with Crippen molar-refractivity contribution in [2.45, 2.75) is 19.0 Å². The zero-order valence-corrected chi connectivity index (χ0v) is 16.6. The molecular formula is C20H20ClFN4O3. The lowest BCUT2D eigenvalue weighted by Crippen LogP contribution is -2.32. The van der Waals surface area contributed by atoms with Crippen LogP contribution >= 0.6 is 11.6 Å². The molecule has 0 N–H and O–H groups in total. The monoisotopic (exact) mass is 418 g/mol. The van der Waals surface area contributed by atoms with Gasteiger partial charge < -0.3 is 9.64 Å². The third-order valence-corrected chi connectivity index (χ3v) is 5.51. The molecule has 2 aromatic heterocycles. The summed E-state index contributed by atoms with van der Waals surface area (Å²) in [6, 6.07) is 7.38. The van der Waals surface area contributed by atoms with Crippen LogP contribution in [0.15, 0.2) is 41.3 Å². The van der Waals surface area contributed by atoms with E-state index in [1.165, 1.54) is 18.2 Å². The van der Waals surface area contributed by atoms with Gasteiger partial charge in [-0.25, -0.2) is 14.2 Å². The number of amides is 1. The molecule has 1 aliphatic rings. The quantitative estimate of drug-likeness (QED) is 0.639. The molecule has 152 valence electrons. The van der Waals surface area contributed by atoms with E-state index in [4.69, 9.17) is 16.3 Å². The number of aromatic nitrogens is 3. The maximum atomic E-state index is 13.4. The number of rotatable bonds is 5. The second kappa shape index (κ2) is 7.96. The standard InChI is InChI=1S/C20H20ClFN4O3/c1-29-10-9-25-17-3-2-7-23-18(17)26(20(25)28)14-6-8-24(12-14)19(27)13-4-5-16(22)15(21)11-13/h2-5,7,11,14H,6,8-10,12H2,1H3. The van der Waals surface area contributed by atoms with Crippen LogP contribution in [0.2, 0.25) is 5.02 Å². The van der Waals surface area contributed by atoms with Gasteiger partial charge in [0.1, 0.15) is 5.82 Å². The summed E-state index contributed by atoms with van der Waals surface area (Å²) in [7, 11) is 1.59. The molecule has 9 heteroatoms. The number of ether oxygens (including phenoxy) is 1. The predicted molar refractivity (Wildman–Crippen MR) is 107 cm³/mol. The number of pyridine rings is 1. The maximum Gasteiger partial charge on any atom is 0.330 e. The number of benzene rings is 1. The first-order chi connectivity index (χ1) is 14.0. The molecule has 3 heterocycles. The van der Waals surface area contributed by atoms with Crippen LogP contribution < -0.4 is 5.69 Å². The van der Waals surface area contributed by atoms with Crippen molar-refractivity contribution in [3.05, 3.63) is 63.4 Å². The van der Waals surface area contributed by atoms with Crippen LogP contribution in [0.4, 0.5) is 4.39 Å². The van der Waals surface area contributed by atoms with E-state index in [0.717, 1.165) is 5.52 Å². The highest BCUT2D eigenvalue weighted by atomic mass is 35.5. The minimum atomic E-state index is -0.566. The molecule has 1 aromatic carbocycles. The molecule has 1 aliphatic heterocycles. The molecule has 0 radical (unpaired) electrons. The summed E-state index contributed by atoms with van der Waals surface area (Å²) < 4.78 is 21.8. The molecule has 1 unspecified atom stereocenters. The molecule has 3 aromatic rings. The Morgan fingerprint density at radius 1 is 1.38 bits per heavy atom. The van der Waals surface area contributed by atoms with Crippen molar-refractivity contribution in [3.63, 3.8) is 0 Å². The summed E-state index contributed by atoms with van der Waals surface area (Å²) in [6.45, 7) is 1.69. The smallest absolute Gasteiger partial charge is 0.330 e. The van der Waals surface area contributed by atoms with Crippen molar-refractivity contribution in [1.29, 1.82) is 0 Å². The van der Waals surface area contributed by atoms with Crippen molar-refractivity contribution in [2.24, 2.45) is 0 Å². The van der Waals surface area contributed by atoms with E-state index in [-0.39, 0.29) is 22.7 Å². The van der Waals surface area contributed by atoms with Gasteiger partial charge >= 0.3 is 5.69 Å². The van der Waals surface area contributed by atoms with Crippen molar-refractivity contribution < 1.29 is 13.9 Å². The van der Waals surface area contributed by atoms with Crippen molar-refractivity contribution in [3.8, 4) is 0 Å². The Morgan fingerprint density at radius 3 is 2.97 bits per heavy atom. The first-order valence-electron chi connectivity index (χ1n) is 9.30. The highest BCUT2D eigenvalue weighted by molar-refractivity contribution is 6.31. The molecule has 0 bridgehead atoms. The Hall–Kier alpha value is -2.71. The van der Waals surface area contributed by atoms with Gasteiger partial charge in [-0.15, -0.1) is 0 Å². The number of likely N-dealkylation sites (tertiary alicyclic amines) is 1. The zero-order chi connectivity index (χ0) is 20.5. The molecule has 1 fully saturated rings. The van der Waals surface area contributed by atoms with Crippen LogP contribution in [0.5, 0.6) is 0 Å². The molecule has 0 aliphatic carbocycles. The van der Waals surface area contributed by atoms with E-state index in [2.05, 4.69) is 4.98 Å². The lowest BCUT2D eigenvalue weighted by atomic mass is 10.2. The number of fused-ring (bicyclic) bond motifs is 1. The first-order valence-corrected chi connectivity index (χ1v) is 9.68. The van der Waals surface area contributed by atoms with Gasteiger partial charge in [-0.05, 0) is 36.8 Å². The number of nitrogens with zero attached hydrogens (tertiary/aromatic N) is 4. The molecule has 4 rings (SSSR count). The van der Waals surface area contributed by atoms with E-state index in [1.807, 2.05) is 6.07 Å². The van der Waals surface area contributed by atoms with Crippen LogP contribution in [-0.4, -0.2) is 51.7 Å². The molecule has 1 amide bonds. The molecule has 1 saturated heterocycles. The number of hydrogen-bond donors (Lipinski definition) is 0. The van der Waals surface area contributed by atoms with E-state index < -0.39 is 5.82 Å². The lowest BCUT2D eigenvalue weighted by molar-refractivity contribution is 0.0787. The molecule has 0 saturated carbocycles. The summed E-state index contributed by atoms with van der Waals surface area (Å²) >= 11 is 5.81. The lowest BCUT2D eigenvalue weighted by Gasteiger charge is -2.17. The minimum Gasteiger partial charge on any atom is -0.383 e. The summed E-state index contributed by atoms with van der Waals surface area (Å²) in [6.07, 6.45) is 2.28. The van der Waals surface area contributed by atoms with Gasteiger partial charge in [-0.3, -0.25) is 13.9 Å². The number of halogens is 2. The van der Waals surface area contributed by atoms with Crippen LogP contribution in [0.1, 0.15) is 22.8 Å². The fourth-order valence-corrected chi connectivity index (χ4v) is 3.97. The zero-order valence-electron chi connectivity index (χ0n) is 15.8. The van der Waals surface area contributed by atoms with Crippen LogP contribution in [-0.2, 0) is 11.3 Å². The normalized spacial score (nSPS) is 16.7. The average Bonchev–Trinajstić information content (AvgIpc) is 3.30. The first kappa shape index (κ1) is 19.6. The average molecular weight is 419 g/mol. The van der Waals surface area contributed by atoms with Crippen LogP contribution in [0.25, 0.3) is 11.2 Å². The fraction of sp³-hybridized carbons (Fsp3) is 0.350. The van der Waals surface area contributed by atoms with E-state index in [1.54, 1.807) is 33.4 Å². The van der Waals surface area contributed by atoms with Gasteiger partial charge in [0.25, 0.3) is 5.91 Å². The molecule has 29 heavy (non-hydrogen) atoms. The third kappa shape index (κ3) is 3.54. The Labute approximate surface area is 171 Å². The summed E-state index contributed by atoms with van der Waals surface area (Å²) in [4.78, 5) is 31.9. The van der Waals surface area contributed by atoms with E-state index in [0.29, 0.717) is 43.9 Å². The Kier molecular flexibility index (Phi) is 5.38. The molecule has 1 atom stereocenters. The third-order valence-electron chi connectivity index (χ3n) is 5.22. The Morgan fingerprint density at radius 2 is 2.21 bits per heavy atom. The highest BCUT2D eigenvalue weighted by Crippen LogP contribution is 2.26. The highest BCUT2D eigenvalue weighted by Gasteiger charge is 2.31. The Bertz CT molecular complexity index is 1130. The number of hydrogen-bond acceptors (Lipinski definition) is 4. The molecular weight excluding hydrogens is 399 g/mol. The Balaban J connectivity index is 1.63. The topological polar surface area (TPSA) is 69.4 Å².